The average molecular weight is 332 g/mol. The maximum absolute atomic E-state index is 13.1. The lowest BCUT2D eigenvalue weighted by atomic mass is 9.87. The molecule has 24 heavy (non-hydrogen) atoms. The summed E-state index contributed by atoms with van der Waals surface area (Å²) in [6.45, 7) is 4.43. The molecular formula is C19H25FN2O2. The van der Waals surface area contributed by atoms with E-state index >= 15 is 0 Å². The van der Waals surface area contributed by atoms with Gasteiger partial charge < -0.3 is 9.73 Å². The smallest absolute Gasteiger partial charge is 0.227 e. The SMILES string of the molecule is CC(C)C(C(=O)NCC(c1ccco1)N(C)C)c1ccc(F)cc1. The zero-order chi connectivity index (χ0) is 17.7. The van der Waals surface area contributed by atoms with Gasteiger partial charge in [-0.2, -0.15) is 0 Å². The molecule has 0 saturated heterocycles. The maximum Gasteiger partial charge on any atom is 0.227 e. The summed E-state index contributed by atoms with van der Waals surface area (Å²) < 4.78 is 18.6. The second-order valence-corrected chi connectivity index (χ2v) is 6.51. The van der Waals surface area contributed by atoms with Crippen molar-refractivity contribution < 1.29 is 13.6 Å². The van der Waals surface area contributed by atoms with Crippen LogP contribution in [0, 0.1) is 11.7 Å². The number of carbonyl (C=O) groups excluding carboxylic acids is 1. The molecule has 4 nitrogen and oxygen atoms in total. The van der Waals surface area contributed by atoms with Crippen LogP contribution in [0.3, 0.4) is 0 Å². The molecule has 0 aliphatic rings. The lowest BCUT2D eigenvalue weighted by Crippen LogP contribution is -2.38. The van der Waals surface area contributed by atoms with Crippen molar-refractivity contribution in [3.63, 3.8) is 0 Å². The first kappa shape index (κ1) is 18.2. The Morgan fingerprint density at radius 2 is 1.88 bits per heavy atom. The molecule has 130 valence electrons. The van der Waals surface area contributed by atoms with Gasteiger partial charge in [0, 0.05) is 6.54 Å². The van der Waals surface area contributed by atoms with Crippen molar-refractivity contribution in [2.24, 2.45) is 5.92 Å². The molecule has 2 unspecified atom stereocenters. The van der Waals surface area contributed by atoms with E-state index in [9.17, 15) is 9.18 Å². The Balaban J connectivity index is 2.09. The van der Waals surface area contributed by atoms with Gasteiger partial charge >= 0.3 is 0 Å². The zero-order valence-electron chi connectivity index (χ0n) is 14.6. The average Bonchev–Trinajstić information content (AvgIpc) is 3.03. The number of nitrogens with one attached hydrogen (secondary N) is 1. The molecule has 2 atom stereocenters. The number of carbonyl (C=O) groups is 1. The topological polar surface area (TPSA) is 45.5 Å². The van der Waals surface area contributed by atoms with Crippen molar-refractivity contribution in [1.29, 1.82) is 0 Å². The number of furan rings is 1. The molecule has 1 aromatic carbocycles. The molecule has 0 aliphatic carbocycles. The van der Waals surface area contributed by atoms with Crippen molar-refractivity contribution in [2.45, 2.75) is 25.8 Å². The van der Waals surface area contributed by atoms with Gasteiger partial charge in [-0.05, 0) is 49.8 Å². The molecule has 0 fully saturated rings. The largest absolute Gasteiger partial charge is 0.468 e. The van der Waals surface area contributed by atoms with Crippen LogP contribution in [0.5, 0.6) is 0 Å². The van der Waals surface area contributed by atoms with Crippen LogP contribution in [0.1, 0.15) is 37.1 Å². The van der Waals surface area contributed by atoms with Crippen molar-refractivity contribution in [1.82, 2.24) is 10.2 Å². The molecule has 0 saturated carbocycles. The summed E-state index contributed by atoms with van der Waals surface area (Å²) in [6.07, 6.45) is 1.63. The number of hydrogen-bond donors (Lipinski definition) is 1. The number of likely N-dealkylation sites (N-methyl/N-ethyl adjacent to an activating group) is 1. The van der Waals surface area contributed by atoms with Gasteiger partial charge in [0.25, 0.3) is 0 Å². The number of nitrogens with zero attached hydrogens (tertiary/aromatic N) is 1. The molecule has 0 aliphatic heterocycles. The summed E-state index contributed by atoms with van der Waals surface area (Å²) in [7, 11) is 3.89. The highest BCUT2D eigenvalue weighted by Gasteiger charge is 2.26. The van der Waals surface area contributed by atoms with E-state index in [-0.39, 0.29) is 29.6 Å². The first-order valence-corrected chi connectivity index (χ1v) is 8.13. The van der Waals surface area contributed by atoms with E-state index in [0.717, 1.165) is 11.3 Å². The highest BCUT2D eigenvalue weighted by Crippen LogP contribution is 2.25. The Bertz CT molecular complexity index is 636. The third-order valence-corrected chi connectivity index (χ3v) is 4.14. The van der Waals surface area contributed by atoms with Crippen LogP contribution < -0.4 is 5.32 Å². The summed E-state index contributed by atoms with van der Waals surface area (Å²) in [4.78, 5) is 14.7. The second-order valence-electron chi connectivity index (χ2n) is 6.51. The van der Waals surface area contributed by atoms with Gasteiger partial charge in [0.05, 0.1) is 18.2 Å². The summed E-state index contributed by atoms with van der Waals surface area (Å²) in [5.41, 5.74) is 0.823. The highest BCUT2D eigenvalue weighted by atomic mass is 19.1. The Labute approximate surface area is 142 Å². The van der Waals surface area contributed by atoms with Crippen LogP contribution in [-0.4, -0.2) is 31.4 Å². The molecule has 5 heteroatoms. The Morgan fingerprint density at radius 1 is 1.21 bits per heavy atom. The van der Waals surface area contributed by atoms with E-state index in [1.807, 2.05) is 45.0 Å². The first-order chi connectivity index (χ1) is 11.4. The highest BCUT2D eigenvalue weighted by molar-refractivity contribution is 5.83. The number of hydrogen-bond acceptors (Lipinski definition) is 3. The normalized spacial score (nSPS) is 14.0. The second kappa shape index (κ2) is 8.11. The van der Waals surface area contributed by atoms with Crippen LogP contribution in [0.2, 0.25) is 0 Å². The predicted molar refractivity (Wildman–Crippen MR) is 92.1 cm³/mol. The predicted octanol–water partition coefficient (Wildman–Crippen LogP) is 3.58. The van der Waals surface area contributed by atoms with Crippen LogP contribution in [-0.2, 0) is 4.79 Å². The van der Waals surface area contributed by atoms with Crippen LogP contribution in [0.25, 0.3) is 0 Å². The van der Waals surface area contributed by atoms with E-state index in [2.05, 4.69) is 5.32 Å². The molecule has 0 radical (unpaired) electrons. The number of benzene rings is 1. The fourth-order valence-electron chi connectivity index (χ4n) is 2.83. The van der Waals surface area contributed by atoms with Gasteiger partial charge in [0.1, 0.15) is 11.6 Å². The van der Waals surface area contributed by atoms with Gasteiger partial charge in [0.2, 0.25) is 5.91 Å². The number of rotatable bonds is 7. The van der Waals surface area contributed by atoms with E-state index in [1.54, 1.807) is 18.4 Å². The van der Waals surface area contributed by atoms with E-state index in [1.165, 1.54) is 12.1 Å². The third kappa shape index (κ3) is 4.45. The third-order valence-electron chi connectivity index (χ3n) is 4.14. The first-order valence-electron chi connectivity index (χ1n) is 8.13. The fraction of sp³-hybridized carbons (Fsp3) is 0.421. The van der Waals surface area contributed by atoms with Gasteiger partial charge in [0.15, 0.2) is 0 Å². The van der Waals surface area contributed by atoms with Crippen molar-refractivity contribution in [3.05, 3.63) is 59.8 Å². The van der Waals surface area contributed by atoms with Crippen LogP contribution >= 0.6 is 0 Å². The van der Waals surface area contributed by atoms with E-state index in [0.29, 0.717) is 6.54 Å². The lowest BCUT2D eigenvalue weighted by Gasteiger charge is -2.25. The molecule has 0 spiro atoms. The molecule has 1 aromatic heterocycles. The maximum atomic E-state index is 13.1. The zero-order valence-corrected chi connectivity index (χ0v) is 14.6. The number of halogens is 1. The minimum atomic E-state index is -0.315. The lowest BCUT2D eigenvalue weighted by molar-refractivity contribution is -0.123. The Hall–Kier alpha value is -2.14. The summed E-state index contributed by atoms with van der Waals surface area (Å²) >= 11 is 0. The minimum absolute atomic E-state index is 0.0371. The van der Waals surface area contributed by atoms with Gasteiger partial charge in [-0.25, -0.2) is 4.39 Å². The monoisotopic (exact) mass is 332 g/mol. The molecule has 1 amide bonds. The van der Waals surface area contributed by atoms with E-state index < -0.39 is 0 Å². The Morgan fingerprint density at radius 3 is 2.38 bits per heavy atom. The number of amides is 1. The molecule has 0 bridgehead atoms. The standard InChI is InChI=1S/C19H25FN2O2/c1-13(2)18(14-7-9-15(20)10-8-14)19(23)21-12-16(22(3)4)17-6-5-11-24-17/h5-11,13,16,18H,12H2,1-4H3,(H,21,23). The van der Waals surface area contributed by atoms with Crippen molar-refractivity contribution in [2.75, 3.05) is 20.6 Å². The molecule has 2 aromatic rings. The fourth-order valence-corrected chi connectivity index (χ4v) is 2.83. The van der Waals surface area contributed by atoms with Crippen molar-refractivity contribution in [3.8, 4) is 0 Å². The van der Waals surface area contributed by atoms with Crippen LogP contribution in [0.4, 0.5) is 4.39 Å². The van der Waals surface area contributed by atoms with Gasteiger partial charge in [-0.1, -0.05) is 26.0 Å². The molecule has 1 N–H and O–H groups in total. The summed E-state index contributed by atoms with van der Waals surface area (Å²) in [6, 6.07) is 9.84. The Kier molecular flexibility index (Phi) is 6.15. The quantitative estimate of drug-likeness (QED) is 0.843. The van der Waals surface area contributed by atoms with Gasteiger partial charge in [-0.3, -0.25) is 9.69 Å². The van der Waals surface area contributed by atoms with Gasteiger partial charge in [-0.15, -0.1) is 0 Å². The van der Waals surface area contributed by atoms with E-state index in [4.69, 9.17) is 4.42 Å². The molecule has 1 heterocycles. The summed E-state index contributed by atoms with van der Waals surface area (Å²) in [5.74, 6) is 0.243. The summed E-state index contributed by atoms with van der Waals surface area (Å²) in [5, 5.41) is 3.01. The molecule has 2 rings (SSSR count). The minimum Gasteiger partial charge on any atom is -0.468 e. The van der Waals surface area contributed by atoms with Crippen LogP contribution in [0.15, 0.2) is 47.1 Å². The van der Waals surface area contributed by atoms with Crippen molar-refractivity contribution >= 4 is 5.91 Å². The molecular weight excluding hydrogens is 307 g/mol.